The molecule has 0 heterocycles. The zero-order chi connectivity index (χ0) is 11.8. The molecule has 3 nitrogen and oxygen atoms in total. The highest BCUT2D eigenvalue weighted by atomic mass is 16.5. The maximum absolute atomic E-state index is 11.3. The first-order valence-electron chi connectivity index (χ1n) is 5.52. The quantitative estimate of drug-likeness (QED) is 0.693. The van der Waals surface area contributed by atoms with Crippen molar-refractivity contribution in [2.75, 3.05) is 13.2 Å². The molecule has 0 radical (unpaired) electrons. The van der Waals surface area contributed by atoms with Crippen LogP contribution in [0, 0.1) is 5.92 Å². The lowest BCUT2D eigenvalue weighted by Crippen LogP contribution is -2.19. The Morgan fingerprint density at radius 3 is 2.62 bits per heavy atom. The number of hydrogen-bond donors (Lipinski definition) is 0. The van der Waals surface area contributed by atoms with Gasteiger partial charge in [-0.25, -0.2) is 0 Å². The lowest BCUT2D eigenvalue weighted by molar-refractivity contribution is -0.149. The van der Waals surface area contributed by atoms with E-state index in [0.717, 1.165) is 5.56 Å². The number of benzene rings is 1. The molecule has 0 aliphatic rings. The molecule has 88 valence electrons. The SMILES string of the molecule is CCOC(=O)C(C)COCc1ccccc1. The minimum absolute atomic E-state index is 0.199. The fourth-order valence-corrected chi connectivity index (χ4v) is 1.28. The Bertz CT molecular complexity index is 308. The van der Waals surface area contributed by atoms with Crippen molar-refractivity contribution >= 4 is 5.97 Å². The van der Waals surface area contributed by atoms with Crippen molar-refractivity contribution in [1.29, 1.82) is 0 Å². The third kappa shape index (κ3) is 4.45. The molecule has 0 fully saturated rings. The highest BCUT2D eigenvalue weighted by molar-refractivity contribution is 5.72. The topological polar surface area (TPSA) is 35.5 Å². The van der Waals surface area contributed by atoms with Crippen molar-refractivity contribution in [3.8, 4) is 0 Å². The predicted octanol–water partition coefficient (Wildman–Crippen LogP) is 2.40. The number of carbonyl (C=O) groups excluding carboxylic acids is 1. The van der Waals surface area contributed by atoms with Crippen LogP contribution < -0.4 is 0 Å². The van der Waals surface area contributed by atoms with Crippen LogP contribution in [0.15, 0.2) is 30.3 Å². The molecule has 0 aliphatic heterocycles. The second kappa shape index (κ2) is 7.01. The van der Waals surface area contributed by atoms with Gasteiger partial charge in [-0.05, 0) is 19.4 Å². The van der Waals surface area contributed by atoms with Crippen LogP contribution >= 0.6 is 0 Å². The van der Waals surface area contributed by atoms with Gasteiger partial charge in [-0.2, -0.15) is 0 Å². The molecule has 0 aromatic heterocycles. The molecule has 3 heteroatoms. The van der Waals surface area contributed by atoms with Crippen LogP contribution in [-0.2, 0) is 20.9 Å². The minimum Gasteiger partial charge on any atom is -0.466 e. The fraction of sp³-hybridized carbons (Fsp3) is 0.462. The molecule has 0 saturated heterocycles. The first kappa shape index (κ1) is 12.7. The second-order valence-electron chi connectivity index (χ2n) is 3.65. The Hall–Kier alpha value is -1.35. The Balaban J connectivity index is 2.23. The van der Waals surface area contributed by atoms with Crippen LogP contribution in [-0.4, -0.2) is 19.2 Å². The Morgan fingerprint density at radius 2 is 2.00 bits per heavy atom. The van der Waals surface area contributed by atoms with Crippen LogP contribution in [0.2, 0.25) is 0 Å². The van der Waals surface area contributed by atoms with Crippen molar-refractivity contribution in [2.24, 2.45) is 5.92 Å². The third-order valence-corrected chi connectivity index (χ3v) is 2.17. The molecule has 1 unspecified atom stereocenters. The van der Waals surface area contributed by atoms with E-state index in [9.17, 15) is 4.79 Å². The van der Waals surface area contributed by atoms with Gasteiger partial charge in [0.2, 0.25) is 0 Å². The second-order valence-corrected chi connectivity index (χ2v) is 3.65. The highest BCUT2D eigenvalue weighted by Gasteiger charge is 2.13. The van der Waals surface area contributed by atoms with Crippen LogP contribution in [0.5, 0.6) is 0 Å². The molecule has 0 amide bonds. The first-order valence-corrected chi connectivity index (χ1v) is 5.52. The van der Waals surface area contributed by atoms with Gasteiger partial charge in [0.05, 0.1) is 25.7 Å². The molecule has 1 aromatic carbocycles. The van der Waals surface area contributed by atoms with Crippen molar-refractivity contribution < 1.29 is 14.3 Å². The van der Waals surface area contributed by atoms with E-state index < -0.39 is 0 Å². The first-order chi connectivity index (χ1) is 7.74. The van der Waals surface area contributed by atoms with E-state index in [1.807, 2.05) is 37.3 Å². The van der Waals surface area contributed by atoms with Gasteiger partial charge < -0.3 is 9.47 Å². The maximum Gasteiger partial charge on any atom is 0.310 e. The van der Waals surface area contributed by atoms with Gasteiger partial charge in [-0.3, -0.25) is 4.79 Å². The summed E-state index contributed by atoms with van der Waals surface area (Å²) in [5, 5.41) is 0. The van der Waals surface area contributed by atoms with E-state index in [-0.39, 0.29) is 11.9 Å². The summed E-state index contributed by atoms with van der Waals surface area (Å²) in [5.41, 5.74) is 1.11. The summed E-state index contributed by atoms with van der Waals surface area (Å²) in [6.07, 6.45) is 0. The monoisotopic (exact) mass is 222 g/mol. The van der Waals surface area contributed by atoms with E-state index in [1.165, 1.54) is 0 Å². The molecule has 0 saturated carbocycles. The molecular weight excluding hydrogens is 204 g/mol. The van der Waals surface area contributed by atoms with Gasteiger partial charge in [0.15, 0.2) is 0 Å². The lowest BCUT2D eigenvalue weighted by atomic mass is 10.2. The van der Waals surface area contributed by atoms with Crippen LogP contribution in [0.25, 0.3) is 0 Å². The van der Waals surface area contributed by atoms with Gasteiger partial charge in [0, 0.05) is 0 Å². The molecule has 0 bridgehead atoms. The average Bonchev–Trinajstić information content (AvgIpc) is 2.30. The van der Waals surface area contributed by atoms with Gasteiger partial charge in [0.1, 0.15) is 0 Å². The van der Waals surface area contributed by atoms with Gasteiger partial charge in [-0.15, -0.1) is 0 Å². The zero-order valence-corrected chi connectivity index (χ0v) is 9.81. The minimum atomic E-state index is -0.205. The molecule has 1 atom stereocenters. The highest BCUT2D eigenvalue weighted by Crippen LogP contribution is 2.04. The summed E-state index contributed by atoms with van der Waals surface area (Å²) < 4.78 is 10.3. The fourth-order valence-electron chi connectivity index (χ4n) is 1.28. The predicted molar refractivity (Wildman–Crippen MR) is 61.9 cm³/mol. The number of ether oxygens (including phenoxy) is 2. The summed E-state index contributed by atoms with van der Waals surface area (Å²) in [6.45, 7) is 4.96. The van der Waals surface area contributed by atoms with Crippen molar-refractivity contribution in [1.82, 2.24) is 0 Å². The van der Waals surface area contributed by atoms with E-state index in [2.05, 4.69) is 0 Å². The van der Waals surface area contributed by atoms with Crippen molar-refractivity contribution in [3.05, 3.63) is 35.9 Å². The van der Waals surface area contributed by atoms with Crippen LogP contribution in [0.1, 0.15) is 19.4 Å². The average molecular weight is 222 g/mol. The summed E-state index contributed by atoms with van der Waals surface area (Å²) in [5.74, 6) is -0.403. The van der Waals surface area contributed by atoms with Crippen LogP contribution in [0.3, 0.4) is 0 Å². The smallest absolute Gasteiger partial charge is 0.310 e. The Morgan fingerprint density at radius 1 is 1.31 bits per heavy atom. The Kier molecular flexibility index (Phi) is 5.57. The van der Waals surface area contributed by atoms with Crippen molar-refractivity contribution in [2.45, 2.75) is 20.5 Å². The van der Waals surface area contributed by atoms with Crippen LogP contribution in [0.4, 0.5) is 0 Å². The lowest BCUT2D eigenvalue weighted by Gasteiger charge is -2.10. The number of hydrogen-bond acceptors (Lipinski definition) is 3. The largest absolute Gasteiger partial charge is 0.466 e. The molecule has 0 N–H and O–H groups in total. The van der Waals surface area contributed by atoms with Crippen molar-refractivity contribution in [3.63, 3.8) is 0 Å². The molecule has 16 heavy (non-hydrogen) atoms. The molecular formula is C13H18O3. The zero-order valence-electron chi connectivity index (χ0n) is 9.81. The van der Waals surface area contributed by atoms with E-state index >= 15 is 0 Å². The molecule has 0 spiro atoms. The van der Waals surface area contributed by atoms with E-state index in [0.29, 0.717) is 19.8 Å². The van der Waals surface area contributed by atoms with E-state index in [4.69, 9.17) is 9.47 Å². The van der Waals surface area contributed by atoms with E-state index in [1.54, 1.807) is 6.92 Å². The van der Waals surface area contributed by atoms with Gasteiger partial charge in [0.25, 0.3) is 0 Å². The summed E-state index contributed by atoms with van der Waals surface area (Å²) in [6, 6.07) is 9.88. The standard InChI is InChI=1S/C13H18O3/c1-3-16-13(14)11(2)9-15-10-12-7-5-4-6-8-12/h4-8,11H,3,9-10H2,1-2H3. The number of rotatable bonds is 6. The number of esters is 1. The summed E-state index contributed by atoms with van der Waals surface area (Å²) in [4.78, 5) is 11.3. The third-order valence-electron chi connectivity index (χ3n) is 2.17. The van der Waals surface area contributed by atoms with Gasteiger partial charge in [-0.1, -0.05) is 30.3 Å². The summed E-state index contributed by atoms with van der Waals surface area (Å²) in [7, 11) is 0. The Labute approximate surface area is 96.4 Å². The maximum atomic E-state index is 11.3. The molecule has 1 rings (SSSR count). The molecule has 1 aromatic rings. The summed E-state index contributed by atoms with van der Waals surface area (Å²) >= 11 is 0. The molecule has 0 aliphatic carbocycles. The normalized spacial score (nSPS) is 12.1. The van der Waals surface area contributed by atoms with Gasteiger partial charge >= 0.3 is 5.97 Å². The number of carbonyl (C=O) groups is 1.